The van der Waals surface area contributed by atoms with Crippen LogP contribution in [0.25, 0.3) is 0 Å². The second-order valence-electron chi connectivity index (χ2n) is 4.06. The minimum absolute atomic E-state index is 0.0442. The van der Waals surface area contributed by atoms with Crippen molar-refractivity contribution in [2.75, 3.05) is 6.54 Å². The summed E-state index contributed by atoms with van der Waals surface area (Å²) in [6.45, 7) is 2.58. The van der Waals surface area contributed by atoms with Crippen LogP contribution in [0.2, 0.25) is 0 Å². The van der Waals surface area contributed by atoms with E-state index >= 15 is 0 Å². The van der Waals surface area contributed by atoms with Crippen molar-refractivity contribution >= 4 is 23.1 Å². The third-order valence-corrected chi connectivity index (χ3v) is 2.62. The number of hydrogen-bond acceptors (Lipinski definition) is 2. The van der Waals surface area contributed by atoms with E-state index in [0.717, 1.165) is 6.42 Å². The van der Waals surface area contributed by atoms with Crippen molar-refractivity contribution in [2.45, 2.75) is 26.2 Å². The van der Waals surface area contributed by atoms with E-state index in [1.54, 1.807) is 0 Å². The van der Waals surface area contributed by atoms with Crippen LogP contribution in [0.1, 0.15) is 24.0 Å². The van der Waals surface area contributed by atoms with Crippen LogP contribution in [0.15, 0.2) is 24.3 Å². The van der Waals surface area contributed by atoms with Gasteiger partial charge in [-0.3, -0.25) is 4.79 Å². The molecule has 0 fully saturated rings. The highest BCUT2D eigenvalue weighted by atomic mass is 32.1. The molecule has 0 bridgehead atoms. The van der Waals surface area contributed by atoms with Crippen LogP contribution < -0.4 is 11.1 Å². The first-order valence-corrected chi connectivity index (χ1v) is 6.09. The number of nitrogens with one attached hydrogen (secondary N) is 1. The molecule has 1 aromatic rings. The minimum Gasteiger partial charge on any atom is -0.393 e. The Morgan fingerprint density at radius 2 is 2.18 bits per heavy atom. The Labute approximate surface area is 107 Å². The summed E-state index contributed by atoms with van der Waals surface area (Å²) in [7, 11) is 0. The molecule has 0 heterocycles. The lowest BCUT2D eigenvalue weighted by Gasteiger charge is -2.05. The van der Waals surface area contributed by atoms with Crippen LogP contribution >= 0.6 is 12.2 Å². The zero-order chi connectivity index (χ0) is 12.7. The van der Waals surface area contributed by atoms with Gasteiger partial charge in [-0.25, -0.2) is 0 Å². The quantitative estimate of drug-likeness (QED) is 0.756. The monoisotopic (exact) mass is 250 g/mol. The number of thiocarbonyl (C=S) groups is 1. The summed E-state index contributed by atoms with van der Waals surface area (Å²) in [5, 5.41) is 2.79. The molecule has 4 heteroatoms. The fourth-order valence-corrected chi connectivity index (χ4v) is 1.64. The van der Waals surface area contributed by atoms with E-state index in [9.17, 15) is 4.79 Å². The molecule has 3 nitrogen and oxygen atoms in total. The first-order chi connectivity index (χ1) is 8.08. The maximum Gasteiger partial charge on any atom is 0.220 e. The van der Waals surface area contributed by atoms with E-state index in [0.29, 0.717) is 24.4 Å². The van der Waals surface area contributed by atoms with Crippen LogP contribution in [-0.4, -0.2) is 17.4 Å². The fourth-order valence-electron chi connectivity index (χ4n) is 1.54. The summed E-state index contributed by atoms with van der Waals surface area (Å²) in [5.74, 6) is 0.0442. The van der Waals surface area contributed by atoms with Gasteiger partial charge >= 0.3 is 0 Å². The molecule has 17 heavy (non-hydrogen) atoms. The van der Waals surface area contributed by atoms with Crippen molar-refractivity contribution in [3.05, 3.63) is 35.4 Å². The normalized spacial score (nSPS) is 9.94. The Morgan fingerprint density at radius 3 is 2.82 bits per heavy atom. The average molecular weight is 250 g/mol. The van der Waals surface area contributed by atoms with Gasteiger partial charge < -0.3 is 11.1 Å². The van der Waals surface area contributed by atoms with Gasteiger partial charge in [0.25, 0.3) is 0 Å². The highest BCUT2D eigenvalue weighted by Crippen LogP contribution is 2.06. The number of nitrogens with two attached hydrogens (primary N) is 1. The van der Waals surface area contributed by atoms with Gasteiger partial charge in [-0.05, 0) is 18.9 Å². The molecule has 0 saturated carbocycles. The number of carbonyl (C=O) groups is 1. The molecule has 0 aromatic heterocycles. The van der Waals surface area contributed by atoms with Crippen LogP contribution in [-0.2, 0) is 11.2 Å². The van der Waals surface area contributed by atoms with E-state index in [4.69, 9.17) is 18.0 Å². The third-order valence-electron chi connectivity index (χ3n) is 2.42. The van der Waals surface area contributed by atoms with Gasteiger partial charge in [0.15, 0.2) is 0 Å². The molecule has 0 radical (unpaired) electrons. The van der Waals surface area contributed by atoms with Crippen LogP contribution in [0.5, 0.6) is 0 Å². The molecule has 0 aliphatic rings. The van der Waals surface area contributed by atoms with Crippen molar-refractivity contribution in [1.29, 1.82) is 0 Å². The highest BCUT2D eigenvalue weighted by Gasteiger charge is 2.02. The third kappa shape index (κ3) is 6.02. The standard InChI is InChI=1S/C13H18N2OS/c1-10-3-2-4-11(9-10)5-6-13(16)15-8-7-12(14)17/h2-4,9H,5-8H2,1H3,(H2,14,17)(H,15,16). The van der Waals surface area contributed by atoms with E-state index in [-0.39, 0.29) is 5.91 Å². The molecule has 1 amide bonds. The Kier molecular flexibility index (Phi) is 5.63. The zero-order valence-corrected chi connectivity index (χ0v) is 10.8. The molecule has 0 atom stereocenters. The number of rotatable bonds is 6. The molecule has 0 saturated heterocycles. The molecular weight excluding hydrogens is 232 g/mol. The summed E-state index contributed by atoms with van der Waals surface area (Å²) in [6, 6.07) is 8.19. The second kappa shape index (κ2) is 7.01. The van der Waals surface area contributed by atoms with Gasteiger partial charge in [-0.1, -0.05) is 42.0 Å². The summed E-state index contributed by atoms with van der Waals surface area (Å²) < 4.78 is 0. The first kappa shape index (κ1) is 13.6. The van der Waals surface area contributed by atoms with E-state index < -0.39 is 0 Å². The lowest BCUT2D eigenvalue weighted by atomic mass is 10.1. The Bertz CT molecular complexity index is 404. The Balaban J connectivity index is 2.26. The smallest absolute Gasteiger partial charge is 0.220 e. The summed E-state index contributed by atoms with van der Waals surface area (Å²) >= 11 is 4.73. The van der Waals surface area contributed by atoms with E-state index in [2.05, 4.69) is 11.4 Å². The average Bonchev–Trinajstić information content (AvgIpc) is 2.26. The van der Waals surface area contributed by atoms with Gasteiger partial charge in [-0.15, -0.1) is 0 Å². The van der Waals surface area contributed by atoms with Crippen molar-refractivity contribution in [2.24, 2.45) is 5.73 Å². The first-order valence-electron chi connectivity index (χ1n) is 5.68. The molecule has 0 spiro atoms. The summed E-state index contributed by atoms with van der Waals surface area (Å²) in [5.41, 5.74) is 7.75. The fraction of sp³-hybridized carbons (Fsp3) is 0.385. The van der Waals surface area contributed by atoms with Crippen molar-refractivity contribution in [1.82, 2.24) is 5.32 Å². The van der Waals surface area contributed by atoms with Crippen LogP contribution in [0.3, 0.4) is 0 Å². The summed E-state index contributed by atoms with van der Waals surface area (Å²) in [4.78, 5) is 11.9. The van der Waals surface area contributed by atoms with Crippen molar-refractivity contribution in [3.63, 3.8) is 0 Å². The van der Waals surface area contributed by atoms with Gasteiger partial charge in [0.2, 0.25) is 5.91 Å². The van der Waals surface area contributed by atoms with Crippen LogP contribution in [0, 0.1) is 6.92 Å². The predicted octanol–water partition coefficient (Wildman–Crippen LogP) is 1.72. The molecule has 1 rings (SSSR count). The van der Waals surface area contributed by atoms with Gasteiger partial charge in [-0.2, -0.15) is 0 Å². The lowest BCUT2D eigenvalue weighted by Crippen LogP contribution is -2.27. The van der Waals surface area contributed by atoms with E-state index in [1.807, 2.05) is 25.1 Å². The number of benzene rings is 1. The Hall–Kier alpha value is -1.42. The minimum atomic E-state index is 0.0442. The summed E-state index contributed by atoms with van der Waals surface area (Å²) in [6.07, 6.45) is 1.83. The largest absolute Gasteiger partial charge is 0.393 e. The highest BCUT2D eigenvalue weighted by molar-refractivity contribution is 7.80. The van der Waals surface area contributed by atoms with Gasteiger partial charge in [0.05, 0.1) is 4.99 Å². The molecule has 1 aromatic carbocycles. The maximum absolute atomic E-state index is 11.5. The molecular formula is C13H18N2OS. The van der Waals surface area contributed by atoms with Crippen LogP contribution in [0.4, 0.5) is 0 Å². The Morgan fingerprint density at radius 1 is 1.41 bits per heavy atom. The molecule has 3 N–H and O–H groups in total. The van der Waals surface area contributed by atoms with E-state index in [1.165, 1.54) is 11.1 Å². The zero-order valence-electron chi connectivity index (χ0n) is 10.0. The van der Waals surface area contributed by atoms with Crippen molar-refractivity contribution in [3.8, 4) is 0 Å². The maximum atomic E-state index is 11.5. The number of hydrogen-bond donors (Lipinski definition) is 2. The number of carbonyl (C=O) groups excluding carboxylic acids is 1. The second-order valence-corrected chi connectivity index (χ2v) is 4.58. The van der Waals surface area contributed by atoms with Crippen molar-refractivity contribution < 1.29 is 4.79 Å². The topological polar surface area (TPSA) is 55.1 Å². The number of amides is 1. The lowest BCUT2D eigenvalue weighted by molar-refractivity contribution is -0.120. The molecule has 0 aliphatic carbocycles. The predicted molar refractivity (Wildman–Crippen MR) is 73.9 cm³/mol. The van der Waals surface area contributed by atoms with Gasteiger partial charge in [0.1, 0.15) is 0 Å². The SMILES string of the molecule is Cc1cccc(CCC(=O)NCCC(N)=S)c1. The molecule has 0 unspecified atom stereocenters. The molecule has 92 valence electrons. The number of aryl methyl sites for hydroxylation is 2. The molecule has 0 aliphatic heterocycles. The van der Waals surface area contributed by atoms with Gasteiger partial charge in [0, 0.05) is 19.4 Å².